The van der Waals surface area contributed by atoms with E-state index in [0.717, 1.165) is 6.04 Å². The lowest BCUT2D eigenvalue weighted by atomic mass is 10.1. The first-order chi connectivity index (χ1) is 6.35. The molecule has 0 spiro atoms. The van der Waals surface area contributed by atoms with E-state index < -0.39 is 9.28 Å². The van der Waals surface area contributed by atoms with Gasteiger partial charge in [-0.25, -0.2) is 0 Å². The summed E-state index contributed by atoms with van der Waals surface area (Å²) in [5, 5.41) is 0. The van der Waals surface area contributed by atoms with Gasteiger partial charge in [-0.05, 0) is 6.04 Å². The fraction of sp³-hybridized carbons (Fsp3) is 1.00. The molecule has 13 heavy (non-hydrogen) atoms. The van der Waals surface area contributed by atoms with Gasteiger partial charge in [0.05, 0.1) is 0 Å². The second-order valence-corrected chi connectivity index (χ2v) is 5.36. The zero-order valence-corrected chi connectivity index (χ0v) is 10.3. The summed E-state index contributed by atoms with van der Waals surface area (Å²) < 4.78 is 10.4. The van der Waals surface area contributed by atoms with Crippen LogP contribution in [0.1, 0.15) is 45.4 Å². The van der Waals surface area contributed by atoms with Gasteiger partial charge in [0.25, 0.3) is 0 Å². The fourth-order valence-electron chi connectivity index (χ4n) is 1.34. The molecule has 0 aliphatic carbocycles. The summed E-state index contributed by atoms with van der Waals surface area (Å²) in [7, 11) is 2.57. The summed E-state index contributed by atoms with van der Waals surface area (Å²) in [6, 6.07) is 1.13. The lowest BCUT2D eigenvalue weighted by Gasteiger charge is -2.08. The van der Waals surface area contributed by atoms with Crippen LogP contribution in [-0.4, -0.2) is 23.5 Å². The van der Waals surface area contributed by atoms with Crippen LogP contribution in [0.5, 0.6) is 0 Å². The second-order valence-electron chi connectivity index (χ2n) is 3.30. The minimum atomic E-state index is -0.916. The van der Waals surface area contributed by atoms with Crippen molar-refractivity contribution in [2.45, 2.75) is 51.5 Å². The minimum Gasteiger partial charge on any atom is -0.397 e. The molecule has 0 amide bonds. The summed E-state index contributed by atoms with van der Waals surface area (Å²) in [6.45, 7) is 2.25. The first-order valence-corrected chi connectivity index (χ1v) is 6.81. The van der Waals surface area contributed by atoms with Crippen LogP contribution in [0.2, 0.25) is 6.04 Å². The molecule has 0 saturated heterocycles. The van der Waals surface area contributed by atoms with Gasteiger partial charge in [0.15, 0.2) is 0 Å². The Morgan fingerprint density at radius 1 is 0.846 bits per heavy atom. The quantitative estimate of drug-likeness (QED) is 0.423. The standard InChI is InChI=1S/C10H23O2Si/c1-4-5-6-7-8-9-10-13(11-2)12-3/h4-10H2,1-3H3. The van der Waals surface area contributed by atoms with Crippen molar-refractivity contribution in [3.8, 4) is 0 Å². The van der Waals surface area contributed by atoms with Crippen LogP contribution in [0, 0.1) is 0 Å². The van der Waals surface area contributed by atoms with E-state index in [9.17, 15) is 0 Å². The van der Waals surface area contributed by atoms with E-state index in [-0.39, 0.29) is 0 Å². The maximum Gasteiger partial charge on any atom is 0.384 e. The van der Waals surface area contributed by atoms with Crippen molar-refractivity contribution in [1.29, 1.82) is 0 Å². The van der Waals surface area contributed by atoms with Crippen molar-refractivity contribution in [3.05, 3.63) is 0 Å². The highest BCUT2D eigenvalue weighted by Crippen LogP contribution is 2.09. The Kier molecular flexibility index (Phi) is 10.3. The average Bonchev–Trinajstić information content (AvgIpc) is 2.17. The highest BCUT2D eigenvalue weighted by atomic mass is 28.3. The van der Waals surface area contributed by atoms with E-state index in [1.54, 1.807) is 14.2 Å². The molecule has 0 atom stereocenters. The van der Waals surface area contributed by atoms with E-state index >= 15 is 0 Å². The van der Waals surface area contributed by atoms with Crippen molar-refractivity contribution in [3.63, 3.8) is 0 Å². The molecular formula is C10H23O2Si. The molecule has 0 fully saturated rings. The third kappa shape index (κ3) is 8.47. The smallest absolute Gasteiger partial charge is 0.384 e. The zero-order valence-electron chi connectivity index (χ0n) is 9.27. The Labute approximate surface area is 84.5 Å². The van der Waals surface area contributed by atoms with Gasteiger partial charge in [-0.15, -0.1) is 0 Å². The Morgan fingerprint density at radius 3 is 1.92 bits per heavy atom. The molecule has 0 aromatic carbocycles. The van der Waals surface area contributed by atoms with Crippen molar-refractivity contribution < 1.29 is 8.85 Å². The van der Waals surface area contributed by atoms with Gasteiger partial charge in [-0.3, -0.25) is 0 Å². The van der Waals surface area contributed by atoms with E-state index in [4.69, 9.17) is 8.85 Å². The van der Waals surface area contributed by atoms with Gasteiger partial charge in [0.1, 0.15) is 0 Å². The van der Waals surface area contributed by atoms with Crippen LogP contribution < -0.4 is 0 Å². The van der Waals surface area contributed by atoms with Gasteiger partial charge in [0.2, 0.25) is 0 Å². The number of hydrogen-bond acceptors (Lipinski definition) is 2. The van der Waals surface area contributed by atoms with Crippen molar-refractivity contribution in [2.24, 2.45) is 0 Å². The summed E-state index contributed by atoms with van der Waals surface area (Å²) in [5.74, 6) is 0. The van der Waals surface area contributed by atoms with Crippen LogP contribution in [0.3, 0.4) is 0 Å². The molecule has 0 saturated carbocycles. The van der Waals surface area contributed by atoms with Crippen LogP contribution in [-0.2, 0) is 8.85 Å². The molecule has 0 aromatic heterocycles. The molecule has 0 bridgehead atoms. The topological polar surface area (TPSA) is 18.5 Å². The highest BCUT2D eigenvalue weighted by molar-refractivity contribution is 6.44. The Balaban J connectivity index is 3.05. The predicted octanol–water partition coefficient (Wildman–Crippen LogP) is 3.13. The minimum absolute atomic E-state index is 0.916. The van der Waals surface area contributed by atoms with E-state index in [1.807, 2.05) is 0 Å². The van der Waals surface area contributed by atoms with Crippen LogP contribution >= 0.6 is 0 Å². The maximum absolute atomic E-state index is 5.21. The molecule has 0 heterocycles. The van der Waals surface area contributed by atoms with Crippen molar-refractivity contribution >= 4 is 9.28 Å². The van der Waals surface area contributed by atoms with Gasteiger partial charge < -0.3 is 8.85 Å². The maximum atomic E-state index is 5.21. The Hall–Kier alpha value is 0.137. The molecule has 79 valence electrons. The monoisotopic (exact) mass is 203 g/mol. The SMILES string of the molecule is CCCCCCCC[Si](OC)OC. The van der Waals surface area contributed by atoms with Gasteiger partial charge in [-0.1, -0.05) is 45.4 Å². The third-order valence-electron chi connectivity index (χ3n) is 2.19. The normalized spacial score (nSPS) is 11.1. The summed E-state index contributed by atoms with van der Waals surface area (Å²) in [5.41, 5.74) is 0. The molecule has 0 aliphatic heterocycles. The average molecular weight is 203 g/mol. The Bertz CT molecular complexity index is 94.9. The number of rotatable bonds is 9. The molecule has 2 nitrogen and oxygen atoms in total. The van der Waals surface area contributed by atoms with Gasteiger partial charge in [0, 0.05) is 14.2 Å². The number of unbranched alkanes of at least 4 members (excludes halogenated alkanes) is 5. The molecule has 0 rings (SSSR count). The first-order valence-electron chi connectivity index (χ1n) is 5.29. The molecule has 0 aromatic rings. The fourth-order valence-corrected chi connectivity index (χ4v) is 2.45. The molecule has 0 N–H and O–H groups in total. The van der Waals surface area contributed by atoms with Crippen molar-refractivity contribution in [2.75, 3.05) is 14.2 Å². The number of hydrogen-bond donors (Lipinski definition) is 0. The van der Waals surface area contributed by atoms with Crippen LogP contribution in [0.15, 0.2) is 0 Å². The van der Waals surface area contributed by atoms with E-state index in [2.05, 4.69) is 6.92 Å². The third-order valence-corrected chi connectivity index (χ3v) is 3.86. The largest absolute Gasteiger partial charge is 0.397 e. The molecule has 0 aliphatic rings. The lowest BCUT2D eigenvalue weighted by molar-refractivity contribution is 0.276. The first kappa shape index (κ1) is 13.1. The molecule has 3 heteroatoms. The molecular weight excluding hydrogens is 180 g/mol. The zero-order chi connectivity index (χ0) is 9.94. The predicted molar refractivity (Wildman–Crippen MR) is 58.0 cm³/mol. The van der Waals surface area contributed by atoms with E-state index in [0.29, 0.717) is 0 Å². The molecule has 1 radical (unpaired) electrons. The van der Waals surface area contributed by atoms with Crippen LogP contribution in [0.25, 0.3) is 0 Å². The van der Waals surface area contributed by atoms with Crippen LogP contribution in [0.4, 0.5) is 0 Å². The summed E-state index contributed by atoms with van der Waals surface area (Å²) in [4.78, 5) is 0. The summed E-state index contributed by atoms with van der Waals surface area (Å²) in [6.07, 6.45) is 8.06. The molecule has 0 unspecified atom stereocenters. The second kappa shape index (κ2) is 10.2. The van der Waals surface area contributed by atoms with E-state index in [1.165, 1.54) is 38.5 Å². The van der Waals surface area contributed by atoms with Gasteiger partial charge in [-0.2, -0.15) is 0 Å². The van der Waals surface area contributed by atoms with Crippen molar-refractivity contribution in [1.82, 2.24) is 0 Å². The summed E-state index contributed by atoms with van der Waals surface area (Å²) >= 11 is 0. The highest BCUT2D eigenvalue weighted by Gasteiger charge is 2.10. The van der Waals surface area contributed by atoms with Gasteiger partial charge >= 0.3 is 9.28 Å². The Morgan fingerprint density at radius 2 is 1.38 bits per heavy atom. The lowest BCUT2D eigenvalue weighted by Crippen LogP contribution is -2.18.